The van der Waals surface area contributed by atoms with Crippen LogP contribution in [-0.2, 0) is 4.79 Å². The second-order valence-corrected chi connectivity index (χ2v) is 6.24. The van der Waals surface area contributed by atoms with Gasteiger partial charge in [0.25, 0.3) is 0 Å². The molecule has 110 valence electrons. The second kappa shape index (κ2) is 7.25. The van der Waals surface area contributed by atoms with Crippen molar-refractivity contribution in [1.29, 1.82) is 0 Å². The predicted molar refractivity (Wildman–Crippen MR) is 78.0 cm³/mol. The van der Waals surface area contributed by atoms with E-state index in [4.69, 9.17) is 0 Å². The Morgan fingerprint density at radius 2 is 2.11 bits per heavy atom. The topological polar surface area (TPSA) is 44.4 Å². The molecule has 0 aliphatic carbocycles. The molecule has 2 N–H and O–H groups in total. The van der Waals surface area contributed by atoms with Crippen LogP contribution in [0.4, 0.5) is 0 Å². The van der Waals surface area contributed by atoms with E-state index in [1.54, 1.807) is 0 Å². The molecule has 4 heteroatoms. The van der Waals surface area contributed by atoms with Crippen LogP contribution in [-0.4, -0.2) is 50.1 Å². The SMILES string of the molecule is CNC1CCCN(C(=O)CC(C)C2CCNCC2)C1. The van der Waals surface area contributed by atoms with E-state index in [0.717, 1.165) is 44.9 Å². The maximum atomic E-state index is 12.4. The van der Waals surface area contributed by atoms with Crippen molar-refractivity contribution in [2.24, 2.45) is 11.8 Å². The van der Waals surface area contributed by atoms with Gasteiger partial charge in [0.1, 0.15) is 0 Å². The van der Waals surface area contributed by atoms with Gasteiger partial charge < -0.3 is 15.5 Å². The Balaban J connectivity index is 1.79. The zero-order valence-electron chi connectivity index (χ0n) is 12.5. The number of nitrogens with zero attached hydrogens (tertiary/aromatic N) is 1. The molecule has 2 aliphatic rings. The zero-order valence-corrected chi connectivity index (χ0v) is 12.5. The minimum atomic E-state index is 0.367. The van der Waals surface area contributed by atoms with Crippen molar-refractivity contribution in [2.45, 2.75) is 45.1 Å². The monoisotopic (exact) mass is 267 g/mol. The van der Waals surface area contributed by atoms with Crippen molar-refractivity contribution in [3.05, 3.63) is 0 Å². The van der Waals surface area contributed by atoms with Crippen LogP contribution in [0.25, 0.3) is 0 Å². The summed E-state index contributed by atoms with van der Waals surface area (Å²) >= 11 is 0. The lowest BCUT2D eigenvalue weighted by Gasteiger charge is -2.34. The highest BCUT2D eigenvalue weighted by Gasteiger charge is 2.27. The number of piperidine rings is 2. The van der Waals surface area contributed by atoms with Gasteiger partial charge in [-0.3, -0.25) is 4.79 Å². The summed E-state index contributed by atoms with van der Waals surface area (Å²) in [5.74, 6) is 1.63. The fourth-order valence-corrected chi connectivity index (χ4v) is 3.42. The Morgan fingerprint density at radius 3 is 2.79 bits per heavy atom. The van der Waals surface area contributed by atoms with E-state index >= 15 is 0 Å². The molecule has 0 radical (unpaired) electrons. The van der Waals surface area contributed by atoms with Gasteiger partial charge in [-0.15, -0.1) is 0 Å². The van der Waals surface area contributed by atoms with Gasteiger partial charge in [-0.25, -0.2) is 0 Å². The number of likely N-dealkylation sites (tertiary alicyclic amines) is 1. The minimum absolute atomic E-state index is 0.367. The van der Waals surface area contributed by atoms with Gasteiger partial charge >= 0.3 is 0 Å². The summed E-state index contributed by atoms with van der Waals surface area (Å²) in [7, 11) is 2.00. The van der Waals surface area contributed by atoms with Crippen LogP contribution in [0.5, 0.6) is 0 Å². The van der Waals surface area contributed by atoms with Gasteiger partial charge in [-0.1, -0.05) is 6.92 Å². The smallest absolute Gasteiger partial charge is 0.222 e. The van der Waals surface area contributed by atoms with Crippen molar-refractivity contribution in [3.8, 4) is 0 Å². The van der Waals surface area contributed by atoms with E-state index in [1.807, 2.05) is 7.05 Å². The molecule has 4 nitrogen and oxygen atoms in total. The number of carbonyl (C=O) groups excluding carboxylic acids is 1. The number of hydrogen-bond donors (Lipinski definition) is 2. The summed E-state index contributed by atoms with van der Waals surface area (Å²) in [4.78, 5) is 14.5. The molecular weight excluding hydrogens is 238 g/mol. The molecule has 2 heterocycles. The molecule has 19 heavy (non-hydrogen) atoms. The highest BCUT2D eigenvalue weighted by atomic mass is 16.2. The van der Waals surface area contributed by atoms with Gasteiger partial charge in [-0.05, 0) is 57.7 Å². The largest absolute Gasteiger partial charge is 0.341 e. The molecule has 2 fully saturated rings. The molecule has 0 aromatic rings. The van der Waals surface area contributed by atoms with Crippen LogP contribution in [0.2, 0.25) is 0 Å². The van der Waals surface area contributed by atoms with Gasteiger partial charge in [0, 0.05) is 25.6 Å². The molecule has 0 aromatic heterocycles. The highest BCUT2D eigenvalue weighted by Crippen LogP contribution is 2.25. The van der Waals surface area contributed by atoms with Gasteiger partial charge in [0.15, 0.2) is 0 Å². The quantitative estimate of drug-likeness (QED) is 0.805. The average molecular weight is 267 g/mol. The van der Waals surface area contributed by atoms with Gasteiger partial charge in [0.05, 0.1) is 0 Å². The highest BCUT2D eigenvalue weighted by molar-refractivity contribution is 5.76. The van der Waals surface area contributed by atoms with Crippen LogP contribution in [0, 0.1) is 11.8 Å². The van der Waals surface area contributed by atoms with Crippen LogP contribution in [0.3, 0.4) is 0 Å². The van der Waals surface area contributed by atoms with Crippen molar-refractivity contribution >= 4 is 5.91 Å². The number of carbonyl (C=O) groups is 1. The maximum Gasteiger partial charge on any atom is 0.222 e. The van der Waals surface area contributed by atoms with E-state index in [9.17, 15) is 4.79 Å². The molecular formula is C15H29N3O. The van der Waals surface area contributed by atoms with E-state index in [0.29, 0.717) is 17.9 Å². The number of likely N-dealkylation sites (N-methyl/N-ethyl adjacent to an activating group) is 1. The molecule has 0 aromatic carbocycles. The Morgan fingerprint density at radius 1 is 1.37 bits per heavy atom. The van der Waals surface area contributed by atoms with Crippen LogP contribution >= 0.6 is 0 Å². The van der Waals surface area contributed by atoms with Crippen LogP contribution in [0.15, 0.2) is 0 Å². The lowest BCUT2D eigenvalue weighted by molar-refractivity contribution is -0.133. The fraction of sp³-hybridized carbons (Fsp3) is 0.933. The molecule has 0 bridgehead atoms. The first kappa shape index (κ1) is 14.8. The predicted octanol–water partition coefficient (Wildman–Crippen LogP) is 1.22. The summed E-state index contributed by atoms with van der Waals surface area (Å²) in [5, 5.41) is 6.70. The lowest BCUT2D eigenvalue weighted by Crippen LogP contribution is -2.47. The van der Waals surface area contributed by atoms with E-state index < -0.39 is 0 Å². The van der Waals surface area contributed by atoms with Crippen molar-refractivity contribution < 1.29 is 4.79 Å². The molecule has 1 amide bonds. The third-order valence-electron chi connectivity index (χ3n) is 4.87. The van der Waals surface area contributed by atoms with Crippen molar-refractivity contribution in [3.63, 3.8) is 0 Å². The maximum absolute atomic E-state index is 12.4. The number of amides is 1. The van der Waals surface area contributed by atoms with E-state index in [-0.39, 0.29) is 0 Å². The molecule has 2 rings (SSSR count). The first-order chi connectivity index (χ1) is 9.20. The third kappa shape index (κ3) is 4.18. The average Bonchev–Trinajstić information content (AvgIpc) is 2.48. The zero-order chi connectivity index (χ0) is 13.7. The molecule has 0 saturated carbocycles. The Labute approximate surface area is 117 Å². The summed E-state index contributed by atoms with van der Waals surface area (Å²) in [5.41, 5.74) is 0. The molecule has 2 aliphatic heterocycles. The van der Waals surface area contributed by atoms with Gasteiger partial charge in [-0.2, -0.15) is 0 Å². The number of hydrogen-bond acceptors (Lipinski definition) is 3. The standard InChI is InChI=1S/C15H29N3O/c1-12(13-5-7-17-8-6-13)10-15(19)18-9-3-4-14(11-18)16-2/h12-14,16-17H,3-11H2,1-2H3. The second-order valence-electron chi connectivity index (χ2n) is 6.24. The Hall–Kier alpha value is -0.610. The summed E-state index contributed by atoms with van der Waals surface area (Å²) in [6.45, 7) is 6.35. The molecule has 2 saturated heterocycles. The normalized spacial score (nSPS) is 27.3. The Kier molecular flexibility index (Phi) is 5.64. The van der Waals surface area contributed by atoms with Gasteiger partial charge in [0.2, 0.25) is 5.91 Å². The van der Waals surface area contributed by atoms with Crippen molar-refractivity contribution in [1.82, 2.24) is 15.5 Å². The number of rotatable bonds is 4. The van der Waals surface area contributed by atoms with Crippen LogP contribution in [0.1, 0.15) is 39.0 Å². The Bertz CT molecular complexity index is 289. The fourth-order valence-electron chi connectivity index (χ4n) is 3.42. The summed E-state index contributed by atoms with van der Waals surface area (Å²) in [6, 6.07) is 0.492. The third-order valence-corrected chi connectivity index (χ3v) is 4.87. The molecule has 0 spiro atoms. The first-order valence-corrected chi connectivity index (χ1v) is 7.86. The minimum Gasteiger partial charge on any atom is -0.341 e. The summed E-state index contributed by atoms with van der Waals surface area (Å²) < 4.78 is 0. The van der Waals surface area contributed by atoms with E-state index in [1.165, 1.54) is 19.3 Å². The van der Waals surface area contributed by atoms with Crippen LogP contribution < -0.4 is 10.6 Å². The molecule has 2 atom stereocenters. The molecule has 2 unspecified atom stereocenters. The first-order valence-electron chi connectivity index (χ1n) is 7.86. The van der Waals surface area contributed by atoms with E-state index in [2.05, 4.69) is 22.5 Å². The van der Waals surface area contributed by atoms with Crippen molar-refractivity contribution in [2.75, 3.05) is 33.2 Å². The lowest BCUT2D eigenvalue weighted by atomic mass is 9.84. The number of nitrogens with one attached hydrogen (secondary N) is 2. The summed E-state index contributed by atoms with van der Waals surface area (Å²) in [6.07, 6.45) is 5.53.